The molecule has 1 aliphatic rings. The van der Waals surface area contributed by atoms with Gasteiger partial charge in [-0.2, -0.15) is 13.2 Å². The Kier molecular flexibility index (Phi) is 4.22. The first kappa shape index (κ1) is 15.8. The van der Waals surface area contributed by atoms with Crippen LogP contribution in [-0.4, -0.2) is 36.6 Å². The molecule has 1 aliphatic heterocycles. The highest BCUT2D eigenvalue weighted by atomic mass is 19.4. The molecule has 0 spiro atoms. The van der Waals surface area contributed by atoms with Crippen LogP contribution in [0.3, 0.4) is 0 Å². The molecule has 7 heteroatoms. The van der Waals surface area contributed by atoms with Gasteiger partial charge in [0, 0.05) is 13.7 Å². The molecule has 1 saturated heterocycles. The number of alkyl halides is 3. The van der Waals surface area contributed by atoms with E-state index in [2.05, 4.69) is 0 Å². The van der Waals surface area contributed by atoms with E-state index < -0.39 is 29.0 Å². The molecule has 0 aromatic heterocycles. The molecule has 116 valence electrons. The smallest absolute Gasteiger partial charge is 0.376 e. The summed E-state index contributed by atoms with van der Waals surface area (Å²) in [6.07, 6.45) is -4.28. The van der Waals surface area contributed by atoms with Crippen molar-refractivity contribution in [3.05, 3.63) is 35.1 Å². The highest BCUT2D eigenvalue weighted by Crippen LogP contribution is 2.31. The van der Waals surface area contributed by atoms with E-state index >= 15 is 0 Å². The van der Waals surface area contributed by atoms with E-state index in [9.17, 15) is 22.4 Å². The summed E-state index contributed by atoms with van der Waals surface area (Å²) in [6.45, 7) is 2.23. The Morgan fingerprint density at radius 1 is 1.38 bits per heavy atom. The van der Waals surface area contributed by atoms with Crippen LogP contribution in [0.4, 0.5) is 17.6 Å². The molecule has 2 unspecified atom stereocenters. The number of hydrogen-bond donors (Lipinski definition) is 0. The normalized spacial score (nSPS) is 22.4. The molecule has 0 bridgehead atoms. The van der Waals surface area contributed by atoms with E-state index in [1.54, 1.807) is 6.92 Å². The van der Waals surface area contributed by atoms with Gasteiger partial charge in [-0.05, 0) is 31.5 Å². The summed E-state index contributed by atoms with van der Waals surface area (Å²) in [6, 6.07) is 1.56. The van der Waals surface area contributed by atoms with Gasteiger partial charge in [0.1, 0.15) is 5.82 Å². The van der Waals surface area contributed by atoms with E-state index in [4.69, 9.17) is 4.74 Å². The summed E-state index contributed by atoms with van der Waals surface area (Å²) >= 11 is 0. The van der Waals surface area contributed by atoms with E-state index in [0.717, 1.165) is 0 Å². The molecular formula is C14H15F4NO2. The van der Waals surface area contributed by atoms with E-state index in [0.29, 0.717) is 31.2 Å². The lowest BCUT2D eigenvalue weighted by molar-refractivity contribution is -0.137. The maximum absolute atomic E-state index is 13.7. The highest BCUT2D eigenvalue weighted by Gasteiger charge is 2.35. The zero-order valence-corrected chi connectivity index (χ0v) is 11.6. The number of hydrogen-bond acceptors (Lipinski definition) is 2. The number of rotatable bonds is 2. The average molecular weight is 305 g/mol. The molecular weight excluding hydrogens is 290 g/mol. The monoisotopic (exact) mass is 305 g/mol. The lowest BCUT2D eigenvalue weighted by atomic mass is 10.1. The zero-order valence-electron chi connectivity index (χ0n) is 11.6. The van der Waals surface area contributed by atoms with Crippen LogP contribution >= 0.6 is 0 Å². The van der Waals surface area contributed by atoms with Gasteiger partial charge >= 0.3 is 6.18 Å². The molecule has 1 aromatic carbocycles. The highest BCUT2D eigenvalue weighted by molar-refractivity contribution is 5.94. The SMILES string of the molecule is CC1OCCC1N(C)C(=O)c1cc(C(F)(F)F)ccc1F. The van der Waals surface area contributed by atoms with Gasteiger partial charge in [0.25, 0.3) is 5.91 Å². The lowest BCUT2D eigenvalue weighted by Crippen LogP contribution is -2.41. The number of likely N-dealkylation sites (N-methyl/N-ethyl adjacent to an activating group) is 1. The van der Waals surface area contributed by atoms with Crippen LogP contribution in [0.1, 0.15) is 29.3 Å². The molecule has 1 fully saturated rings. The van der Waals surface area contributed by atoms with Crippen LogP contribution in [0, 0.1) is 5.82 Å². The third kappa shape index (κ3) is 3.18. The second kappa shape index (κ2) is 5.63. The van der Waals surface area contributed by atoms with Crippen molar-refractivity contribution < 1.29 is 27.1 Å². The van der Waals surface area contributed by atoms with Crippen LogP contribution in [-0.2, 0) is 10.9 Å². The minimum absolute atomic E-state index is 0.229. The van der Waals surface area contributed by atoms with E-state index in [-0.39, 0.29) is 12.1 Å². The fourth-order valence-corrected chi connectivity index (χ4v) is 2.44. The van der Waals surface area contributed by atoms with Crippen molar-refractivity contribution in [3.8, 4) is 0 Å². The average Bonchev–Trinajstić information content (AvgIpc) is 2.82. The third-order valence-electron chi connectivity index (χ3n) is 3.68. The Labute approximate surface area is 119 Å². The minimum atomic E-state index is -4.62. The molecule has 2 atom stereocenters. The zero-order chi connectivity index (χ0) is 15.8. The summed E-state index contributed by atoms with van der Waals surface area (Å²) in [4.78, 5) is 13.5. The van der Waals surface area contributed by atoms with Crippen molar-refractivity contribution in [2.45, 2.75) is 31.7 Å². The first-order valence-electron chi connectivity index (χ1n) is 6.47. The second-order valence-electron chi connectivity index (χ2n) is 5.04. The van der Waals surface area contributed by atoms with Crippen molar-refractivity contribution >= 4 is 5.91 Å². The molecule has 1 heterocycles. The Morgan fingerprint density at radius 2 is 2.05 bits per heavy atom. The number of ether oxygens (including phenoxy) is 1. The van der Waals surface area contributed by atoms with Gasteiger partial charge < -0.3 is 9.64 Å². The quantitative estimate of drug-likeness (QED) is 0.786. The van der Waals surface area contributed by atoms with Crippen molar-refractivity contribution in [2.75, 3.05) is 13.7 Å². The summed E-state index contributed by atoms with van der Waals surface area (Å²) < 4.78 is 57.0. The van der Waals surface area contributed by atoms with E-state index in [1.807, 2.05) is 0 Å². The van der Waals surface area contributed by atoms with Gasteiger partial charge in [0.15, 0.2) is 0 Å². The third-order valence-corrected chi connectivity index (χ3v) is 3.68. The molecule has 1 amide bonds. The predicted molar refractivity (Wildman–Crippen MR) is 67.3 cm³/mol. The molecule has 0 saturated carbocycles. The summed E-state index contributed by atoms with van der Waals surface area (Å²) in [5.41, 5.74) is -1.62. The standard InChI is InChI=1S/C14H15F4NO2/c1-8-12(5-6-21-8)19(2)13(20)10-7-9(14(16,17)18)3-4-11(10)15/h3-4,7-8,12H,5-6H2,1-2H3. The molecule has 1 aromatic rings. The fourth-order valence-electron chi connectivity index (χ4n) is 2.44. The van der Waals surface area contributed by atoms with Crippen LogP contribution in [0.2, 0.25) is 0 Å². The Bertz CT molecular complexity index is 544. The number of halogens is 4. The molecule has 0 radical (unpaired) electrons. The van der Waals surface area contributed by atoms with Crippen LogP contribution in [0.5, 0.6) is 0 Å². The summed E-state index contributed by atoms with van der Waals surface area (Å²) in [5, 5.41) is 0. The molecule has 0 N–H and O–H groups in total. The Balaban J connectivity index is 2.30. The van der Waals surface area contributed by atoms with Crippen LogP contribution < -0.4 is 0 Å². The predicted octanol–water partition coefficient (Wildman–Crippen LogP) is 3.09. The molecule has 21 heavy (non-hydrogen) atoms. The second-order valence-corrected chi connectivity index (χ2v) is 5.04. The maximum atomic E-state index is 13.7. The first-order valence-corrected chi connectivity index (χ1v) is 6.47. The summed E-state index contributed by atoms with van der Waals surface area (Å²) in [5.74, 6) is -1.74. The van der Waals surface area contributed by atoms with Crippen molar-refractivity contribution in [2.24, 2.45) is 0 Å². The largest absolute Gasteiger partial charge is 0.416 e. The van der Waals surface area contributed by atoms with Crippen molar-refractivity contribution in [3.63, 3.8) is 0 Å². The van der Waals surface area contributed by atoms with Gasteiger partial charge in [-0.3, -0.25) is 4.79 Å². The number of benzene rings is 1. The number of amides is 1. The topological polar surface area (TPSA) is 29.5 Å². The van der Waals surface area contributed by atoms with Crippen molar-refractivity contribution in [1.29, 1.82) is 0 Å². The first-order chi connectivity index (χ1) is 9.71. The van der Waals surface area contributed by atoms with Gasteiger partial charge in [0.05, 0.1) is 23.3 Å². The van der Waals surface area contributed by atoms with E-state index in [1.165, 1.54) is 11.9 Å². The van der Waals surface area contributed by atoms with Crippen LogP contribution in [0.25, 0.3) is 0 Å². The van der Waals surface area contributed by atoms with Gasteiger partial charge in [-0.1, -0.05) is 0 Å². The Morgan fingerprint density at radius 3 is 2.57 bits per heavy atom. The minimum Gasteiger partial charge on any atom is -0.376 e. The lowest BCUT2D eigenvalue weighted by Gasteiger charge is -2.27. The van der Waals surface area contributed by atoms with Crippen molar-refractivity contribution in [1.82, 2.24) is 4.90 Å². The molecule has 3 nitrogen and oxygen atoms in total. The molecule has 2 rings (SSSR count). The maximum Gasteiger partial charge on any atom is 0.416 e. The summed E-state index contributed by atoms with van der Waals surface area (Å²) in [7, 11) is 1.44. The Hall–Kier alpha value is -1.63. The van der Waals surface area contributed by atoms with Gasteiger partial charge in [-0.15, -0.1) is 0 Å². The van der Waals surface area contributed by atoms with Gasteiger partial charge in [-0.25, -0.2) is 4.39 Å². The fraction of sp³-hybridized carbons (Fsp3) is 0.500. The van der Waals surface area contributed by atoms with Gasteiger partial charge in [0.2, 0.25) is 0 Å². The number of nitrogens with zero attached hydrogens (tertiary/aromatic N) is 1. The number of carbonyl (C=O) groups is 1. The number of carbonyl (C=O) groups excluding carboxylic acids is 1. The van der Waals surface area contributed by atoms with Crippen LogP contribution in [0.15, 0.2) is 18.2 Å². The molecule has 0 aliphatic carbocycles.